The molecular weight excluding hydrogens is 345 g/mol. The highest BCUT2D eigenvalue weighted by atomic mass is 35.5. The fourth-order valence-electron chi connectivity index (χ4n) is 2.03. The molecule has 6 nitrogen and oxygen atoms in total. The number of carbonyl (C=O) groups is 1. The van der Waals surface area contributed by atoms with Crippen LogP contribution in [0.4, 0.5) is 11.5 Å². The first-order valence-electron chi connectivity index (χ1n) is 6.06. The molecule has 0 fully saturated rings. The molecule has 0 aliphatic rings. The lowest BCUT2D eigenvalue weighted by Crippen LogP contribution is -2.13. The van der Waals surface area contributed by atoms with E-state index in [0.29, 0.717) is 27.6 Å². The number of halogens is 2. The number of anilines is 2. The Balaban J connectivity index is 2.13. The van der Waals surface area contributed by atoms with Gasteiger partial charge in [0.2, 0.25) is 5.28 Å². The monoisotopic (exact) mass is 353 g/mol. The summed E-state index contributed by atoms with van der Waals surface area (Å²) in [6, 6.07) is 6.54. The van der Waals surface area contributed by atoms with Crippen LogP contribution in [0.2, 0.25) is 10.3 Å². The van der Waals surface area contributed by atoms with E-state index in [4.69, 9.17) is 28.9 Å². The second-order valence-electron chi connectivity index (χ2n) is 4.42. The van der Waals surface area contributed by atoms with Crippen molar-refractivity contribution in [2.75, 3.05) is 5.32 Å². The van der Waals surface area contributed by atoms with Gasteiger partial charge in [0.1, 0.15) is 5.82 Å². The molecule has 22 heavy (non-hydrogen) atoms. The van der Waals surface area contributed by atoms with Crippen LogP contribution in [-0.2, 0) is 0 Å². The van der Waals surface area contributed by atoms with Gasteiger partial charge in [0, 0.05) is 11.2 Å². The molecule has 2 heterocycles. The Hall–Kier alpha value is -1.96. The molecule has 0 saturated heterocycles. The normalized spacial score (nSPS) is 10.9. The van der Waals surface area contributed by atoms with Crippen molar-refractivity contribution in [3.63, 3.8) is 0 Å². The van der Waals surface area contributed by atoms with E-state index in [0.717, 1.165) is 0 Å². The van der Waals surface area contributed by atoms with E-state index in [1.807, 2.05) is 0 Å². The van der Waals surface area contributed by atoms with E-state index >= 15 is 0 Å². The Morgan fingerprint density at radius 3 is 2.77 bits per heavy atom. The molecule has 3 aromatic rings. The summed E-state index contributed by atoms with van der Waals surface area (Å²) >= 11 is 16.1. The van der Waals surface area contributed by atoms with E-state index in [9.17, 15) is 4.79 Å². The lowest BCUT2D eigenvalue weighted by atomic mass is 10.1. The Kier molecular flexibility index (Phi) is 3.86. The Morgan fingerprint density at radius 1 is 1.27 bits per heavy atom. The zero-order valence-corrected chi connectivity index (χ0v) is 13.3. The topological polar surface area (TPSA) is 85.8 Å². The summed E-state index contributed by atoms with van der Waals surface area (Å²) in [5, 5.41) is 4.20. The number of aromatic nitrogens is 3. The van der Waals surface area contributed by atoms with Gasteiger partial charge in [0.25, 0.3) is 5.91 Å². The van der Waals surface area contributed by atoms with Gasteiger partial charge < -0.3 is 11.1 Å². The minimum Gasteiger partial charge on any atom is -0.366 e. The van der Waals surface area contributed by atoms with Gasteiger partial charge >= 0.3 is 0 Å². The number of rotatable bonds is 3. The van der Waals surface area contributed by atoms with Crippen LogP contribution in [-0.4, -0.2) is 19.8 Å². The number of amides is 1. The lowest BCUT2D eigenvalue weighted by molar-refractivity contribution is 0.100. The summed E-state index contributed by atoms with van der Waals surface area (Å²) in [5.41, 5.74) is 6.64. The minimum atomic E-state index is -0.604. The zero-order valence-electron chi connectivity index (χ0n) is 10.9. The number of fused-ring (bicyclic) bond motifs is 1. The van der Waals surface area contributed by atoms with Crippen LogP contribution < -0.4 is 11.1 Å². The number of benzene rings is 1. The molecule has 0 unspecified atom stereocenters. The lowest BCUT2D eigenvalue weighted by Gasteiger charge is -2.11. The van der Waals surface area contributed by atoms with E-state index in [1.54, 1.807) is 24.4 Å². The van der Waals surface area contributed by atoms with Gasteiger partial charge in [-0.3, -0.25) is 8.77 Å². The number of nitrogens with two attached hydrogens (primary N) is 1. The Bertz CT molecular complexity index is 896. The first kappa shape index (κ1) is 15.0. The summed E-state index contributed by atoms with van der Waals surface area (Å²) in [7, 11) is 0. The van der Waals surface area contributed by atoms with Gasteiger partial charge in [0.05, 0.1) is 16.6 Å². The SMILES string of the molecule is NC(=O)c1cc(Cl)ccc1Nc1nc(Cl)nc2c1ccn2S. The third-order valence-corrected chi connectivity index (χ3v) is 3.72. The number of nitrogens with one attached hydrogen (secondary N) is 1. The molecule has 3 N–H and O–H groups in total. The largest absolute Gasteiger partial charge is 0.366 e. The van der Waals surface area contributed by atoms with E-state index in [2.05, 4.69) is 28.1 Å². The smallest absolute Gasteiger partial charge is 0.250 e. The van der Waals surface area contributed by atoms with Gasteiger partial charge in [-0.2, -0.15) is 9.97 Å². The van der Waals surface area contributed by atoms with Gasteiger partial charge in [-0.25, -0.2) is 0 Å². The summed E-state index contributed by atoms with van der Waals surface area (Å²) in [6.45, 7) is 0. The number of hydrogen-bond acceptors (Lipinski definition) is 5. The third-order valence-electron chi connectivity index (χ3n) is 3.00. The van der Waals surface area contributed by atoms with Gasteiger partial charge in [0.15, 0.2) is 5.65 Å². The summed E-state index contributed by atoms with van der Waals surface area (Å²) in [6.07, 6.45) is 1.71. The third kappa shape index (κ3) is 2.70. The molecule has 0 radical (unpaired) electrons. The molecule has 0 aliphatic carbocycles. The van der Waals surface area contributed by atoms with Crippen LogP contribution in [0.25, 0.3) is 11.0 Å². The predicted molar refractivity (Wildman–Crippen MR) is 90.2 cm³/mol. The van der Waals surface area contributed by atoms with E-state index < -0.39 is 5.91 Å². The van der Waals surface area contributed by atoms with Gasteiger partial charge in [-0.15, -0.1) is 0 Å². The number of nitrogens with zero attached hydrogens (tertiary/aromatic N) is 3. The summed E-state index contributed by atoms with van der Waals surface area (Å²) < 4.78 is 1.52. The van der Waals surface area contributed by atoms with E-state index in [1.165, 1.54) is 10.0 Å². The van der Waals surface area contributed by atoms with Crippen LogP contribution in [0.5, 0.6) is 0 Å². The van der Waals surface area contributed by atoms with Crippen molar-refractivity contribution in [1.82, 2.24) is 13.9 Å². The highest BCUT2D eigenvalue weighted by Gasteiger charge is 2.14. The maximum Gasteiger partial charge on any atom is 0.250 e. The summed E-state index contributed by atoms with van der Waals surface area (Å²) in [5.74, 6) is -0.166. The highest BCUT2D eigenvalue weighted by Crippen LogP contribution is 2.29. The van der Waals surface area contributed by atoms with Crippen molar-refractivity contribution in [3.05, 3.63) is 46.3 Å². The van der Waals surface area contributed by atoms with Crippen LogP contribution in [0.1, 0.15) is 10.4 Å². The minimum absolute atomic E-state index is 0.0542. The molecule has 0 spiro atoms. The molecule has 1 amide bonds. The fourth-order valence-corrected chi connectivity index (χ4v) is 2.58. The maximum atomic E-state index is 11.5. The molecular formula is C13H9Cl2N5OS. The van der Waals surface area contributed by atoms with Crippen LogP contribution in [0.15, 0.2) is 30.5 Å². The Labute approximate surface area is 140 Å². The van der Waals surface area contributed by atoms with Crippen molar-refractivity contribution in [2.45, 2.75) is 0 Å². The van der Waals surface area contributed by atoms with Gasteiger partial charge in [-0.1, -0.05) is 24.4 Å². The van der Waals surface area contributed by atoms with Crippen molar-refractivity contribution >= 4 is 64.5 Å². The van der Waals surface area contributed by atoms with E-state index in [-0.39, 0.29) is 10.8 Å². The molecule has 9 heteroatoms. The van der Waals surface area contributed by atoms with Crippen molar-refractivity contribution in [3.8, 4) is 0 Å². The van der Waals surface area contributed by atoms with Crippen LogP contribution in [0, 0.1) is 0 Å². The number of primary amides is 1. The zero-order chi connectivity index (χ0) is 15.9. The molecule has 1 aromatic carbocycles. The average molecular weight is 354 g/mol. The second kappa shape index (κ2) is 5.68. The molecule has 2 aromatic heterocycles. The number of thiol groups is 1. The van der Waals surface area contributed by atoms with Crippen LogP contribution >= 0.6 is 36.0 Å². The van der Waals surface area contributed by atoms with Crippen molar-refractivity contribution in [2.24, 2.45) is 5.73 Å². The average Bonchev–Trinajstić information content (AvgIpc) is 2.82. The molecule has 0 saturated carbocycles. The molecule has 0 bridgehead atoms. The highest BCUT2D eigenvalue weighted by molar-refractivity contribution is 7.78. The first-order chi connectivity index (χ1) is 10.5. The van der Waals surface area contributed by atoms with Crippen molar-refractivity contribution in [1.29, 1.82) is 0 Å². The predicted octanol–water partition coefficient (Wildman–Crippen LogP) is 3.27. The number of hydrogen-bond donors (Lipinski definition) is 3. The fraction of sp³-hybridized carbons (Fsp3) is 0. The Morgan fingerprint density at radius 2 is 2.05 bits per heavy atom. The number of carbonyl (C=O) groups excluding carboxylic acids is 1. The quantitative estimate of drug-likeness (QED) is 0.498. The molecule has 112 valence electrons. The molecule has 3 rings (SSSR count). The van der Waals surface area contributed by atoms with Crippen LogP contribution in [0.3, 0.4) is 0 Å². The van der Waals surface area contributed by atoms with Crippen molar-refractivity contribution < 1.29 is 4.79 Å². The maximum absolute atomic E-state index is 11.5. The summed E-state index contributed by atoms with van der Waals surface area (Å²) in [4.78, 5) is 19.8. The molecule has 0 atom stereocenters. The standard InChI is InChI=1S/C13H9Cl2N5OS/c14-6-1-2-9(8(5-6)10(16)21)17-11-7-3-4-20(22)12(7)19-13(15)18-11/h1-5,22H,(H2,16,21)(H,17,18,19). The van der Waals surface area contributed by atoms with Gasteiger partial charge in [-0.05, 0) is 35.9 Å². The second-order valence-corrected chi connectivity index (χ2v) is 5.62. The molecule has 0 aliphatic heterocycles. The first-order valence-corrected chi connectivity index (χ1v) is 7.21.